The van der Waals surface area contributed by atoms with Crippen molar-refractivity contribution in [1.29, 1.82) is 0 Å². The van der Waals surface area contributed by atoms with Gasteiger partial charge in [-0.15, -0.1) is 0 Å². The van der Waals surface area contributed by atoms with Gasteiger partial charge in [-0.2, -0.15) is 0 Å². The SMILES string of the molecule is CC(C(=O)NC(=O)NC1CCCC1)N1CCN(CC(=O)N2CCCCC2C)CC1. The molecule has 164 valence electrons. The molecule has 2 unspecified atom stereocenters. The van der Waals surface area contributed by atoms with Gasteiger partial charge in [0.15, 0.2) is 0 Å². The number of imide groups is 1. The molecule has 8 nitrogen and oxygen atoms in total. The summed E-state index contributed by atoms with van der Waals surface area (Å²) in [5.41, 5.74) is 0. The van der Waals surface area contributed by atoms with Crippen LogP contribution in [-0.2, 0) is 9.59 Å². The molecular weight excluding hydrogens is 370 g/mol. The largest absolute Gasteiger partial charge is 0.339 e. The minimum Gasteiger partial charge on any atom is -0.339 e. The summed E-state index contributed by atoms with van der Waals surface area (Å²) >= 11 is 0. The molecule has 4 amide bonds. The minimum atomic E-state index is -0.381. The Hall–Kier alpha value is -1.67. The number of urea groups is 1. The fourth-order valence-electron chi connectivity index (χ4n) is 4.73. The molecule has 2 saturated heterocycles. The lowest BCUT2D eigenvalue weighted by Gasteiger charge is -2.39. The van der Waals surface area contributed by atoms with Crippen molar-refractivity contribution in [1.82, 2.24) is 25.3 Å². The van der Waals surface area contributed by atoms with E-state index in [1.807, 2.05) is 11.8 Å². The Labute approximate surface area is 174 Å². The third kappa shape index (κ3) is 6.15. The van der Waals surface area contributed by atoms with Crippen LogP contribution in [0.3, 0.4) is 0 Å². The number of carbonyl (C=O) groups excluding carboxylic acids is 3. The second-order valence-electron chi connectivity index (χ2n) is 8.86. The lowest BCUT2D eigenvalue weighted by Crippen LogP contribution is -2.57. The number of nitrogens with one attached hydrogen (secondary N) is 2. The van der Waals surface area contributed by atoms with Gasteiger partial charge in [0, 0.05) is 44.8 Å². The van der Waals surface area contributed by atoms with Crippen molar-refractivity contribution in [3.05, 3.63) is 0 Å². The Morgan fingerprint density at radius 2 is 1.59 bits per heavy atom. The third-order valence-electron chi connectivity index (χ3n) is 6.74. The molecule has 3 fully saturated rings. The highest BCUT2D eigenvalue weighted by Crippen LogP contribution is 2.18. The molecule has 3 aliphatic rings. The molecule has 0 radical (unpaired) electrons. The van der Waals surface area contributed by atoms with E-state index in [1.54, 1.807) is 0 Å². The quantitative estimate of drug-likeness (QED) is 0.714. The van der Waals surface area contributed by atoms with Gasteiger partial charge in [-0.25, -0.2) is 4.79 Å². The first-order chi connectivity index (χ1) is 13.9. The molecule has 1 aliphatic carbocycles. The topological polar surface area (TPSA) is 85.0 Å². The molecule has 0 spiro atoms. The lowest BCUT2D eigenvalue weighted by atomic mass is 10.0. The van der Waals surface area contributed by atoms with Crippen LogP contribution in [0.5, 0.6) is 0 Å². The van der Waals surface area contributed by atoms with Crippen molar-refractivity contribution in [2.45, 2.75) is 76.9 Å². The molecule has 2 heterocycles. The van der Waals surface area contributed by atoms with Gasteiger partial charge in [-0.1, -0.05) is 12.8 Å². The zero-order valence-electron chi connectivity index (χ0n) is 18.0. The van der Waals surface area contributed by atoms with Crippen LogP contribution in [0, 0.1) is 0 Å². The van der Waals surface area contributed by atoms with Crippen LogP contribution in [0.1, 0.15) is 58.8 Å². The summed E-state index contributed by atoms with van der Waals surface area (Å²) in [6.45, 7) is 8.29. The maximum absolute atomic E-state index is 12.6. The third-order valence-corrected chi connectivity index (χ3v) is 6.74. The highest BCUT2D eigenvalue weighted by atomic mass is 16.2. The van der Waals surface area contributed by atoms with Crippen molar-refractivity contribution < 1.29 is 14.4 Å². The van der Waals surface area contributed by atoms with Crippen LogP contribution >= 0.6 is 0 Å². The summed E-state index contributed by atoms with van der Waals surface area (Å²) in [7, 11) is 0. The van der Waals surface area contributed by atoms with Crippen molar-refractivity contribution >= 4 is 17.8 Å². The summed E-state index contributed by atoms with van der Waals surface area (Å²) in [6, 6.07) is -0.198. The normalized spacial score (nSPS) is 25.6. The number of rotatable bonds is 5. The average molecular weight is 408 g/mol. The summed E-state index contributed by atoms with van der Waals surface area (Å²) in [4.78, 5) is 43.4. The Morgan fingerprint density at radius 1 is 0.931 bits per heavy atom. The van der Waals surface area contributed by atoms with E-state index in [2.05, 4.69) is 27.4 Å². The summed E-state index contributed by atoms with van der Waals surface area (Å²) in [5, 5.41) is 5.38. The maximum Gasteiger partial charge on any atom is 0.321 e. The first-order valence-electron chi connectivity index (χ1n) is 11.3. The van der Waals surface area contributed by atoms with Gasteiger partial charge in [0.1, 0.15) is 0 Å². The zero-order valence-corrected chi connectivity index (χ0v) is 18.0. The zero-order chi connectivity index (χ0) is 20.8. The molecule has 2 atom stereocenters. The molecule has 8 heteroatoms. The molecule has 0 aromatic heterocycles. The molecule has 2 aliphatic heterocycles. The summed E-state index contributed by atoms with van der Waals surface area (Å²) < 4.78 is 0. The number of likely N-dealkylation sites (tertiary alicyclic amines) is 1. The number of amides is 4. The number of hydrogen-bond donors (Lipinski definition) is 2. The molecule has 29 heavy (non-hydrogen) atoms. The number of piperidine rings is 1. The van der Waals surface area contributed by atoms with Gasteiger partial charge in [0.05, 0.1) is 12.6 Å². The summed E-state index contributed by atoms with van der Waals surface area (Å²) in [5.74, 6) is -0.0350. The number of nitrogens with zero attached hydrogens (tertiary/aromatic N) is 3. The van der Waals surface area contributed by atoms with E-state index in [0.29, 0.717) is 12.6 Å². The lowest BCUT2D eigenvalue weighted by molar-refractivity contribution is -0.136. The van der Waals surface area contributed by atoms with E-state index in [9.17, 15) is 14.4 Å². The molecule has 2 N–H and O–H groups in total. The second-order valence-corrected chi connectivity index (χ2v) is 8.86. The van der Waals surface area contributed by atoms with Crippen molar-refractivity contribution in [2.24, 2.45) is 0 Å². The van der Waals surface area contributed by atoms with E-state index < -0.39 is 0 Å². The average Bonchev–Trinajstić information content (AvgIpc) is 3.21. The predicted octanol–water partition coefficient (Wildman–Crippen LogP) is 1.16. The highest BCUT2D eigenvalue weighted by Gasteiger charge is 2.30. The van der Waals surface area contributed by atoms with Gasteiger partial charge in [0.2, 0.25) is 11.8 Å². The Bertz CT molecular complexity index is 585. The first-order valence-corrected chi connectivity index (χ1v) is 11.3. The molecule has 1 saturated carbocycles. The van der Waals surface area contributed by atoms with Gasteiger partial charge in [-0.05, 0) is 46.0 Å². The monoisotopic (exact) mass is 407 g/mol. The van der Waals surface area contributed by atoms with E-state index in [4.69, 9.17) is 0 Å². The van der Waals surface area contributed by atoms with Crippen LogP contribution < -0.4 is 10.6 Å². The highest BCUT2D eigenvalue weighted by molar-refractivity contribution is 5.96. The van der Waals surface area contributed by atoms with Gasteiger partial charge < -0.3 is 10.2 Å². The van der Waals surface area contributed by atoms with E-state index in [0.717, 1.165) is 71.2 Å². The minimum absolute atomic E-state index is 0.196. The Balaban J connectivity index is 1.38. The maximum atomic E-state index is 12.6. The molecule has 3 rings (SSSR count). The molecule has 0 bridgehead atoms. The van der Waals surface area contributed by atoms with Crippen LogP contribution in [0.2, 0.25) is 0 Å². The number of piperazine rings is 1. The van der Waals surface area contributed by atoms with Crippen molar-refractivity contribution in [3.8, 4) is 0 Å². The Kier molecular flexibility index (Phi) is 7.89. The fraction of sp³-hybridized carbons (Fsp3) is 0.857. The van der Waals surface area contributed by atoms with Crippen molar-refractivity contribution in [2.75, 3.05) is 39.3 Å². The fourth-order valence-corrected chi connectivity index (χ4v) is 4.73. The Morgan fingerprint density at radius 3 is 2.24 bits per heavy atom. The van der Waals surface area contributed by atoms with E-state index in [1.165, 1.54) is 6.42 Å². The number of hydrogen-bond acceptors (Lipinski definition) is 5. The number of carbonyl (C=O) groups is 3. The van der Waals surface area contributed by atoms with Crippen LogP contribution in [-0.4, -0.2) is 89.9 Å². The van der Waals surface area contributed by atoms with Gasteiger partial charge in [0.25, 0.3) is 0 Å². The molecule has 0 aromatic rings. The summed E-state index contributed by atoms with van der Waals surface area (Å²) in [6.07, 6.45) is 7.67. The van der Waals surface area contributed by atoms with Gasteiger partial charge >= 0.3 is 6.03 Å². The van der Waals surface area contributed by atoms with Gasteiger partial charge in [-0.3, -0.25) is 24.7 Å². The van der Waals surface area contributed by atoms with Crippen LogP contribution in [0.25, 0.3) is 0 Å². The second kappa shape index (κ2) is 10.4. The van der Waals surface area contributed by atoms with Crippen molar-refractivity contribution in [3.63, 3.8) is 0 Å². The predicted molar refractivity (Wildman–Crippen MR) is 111 cm³/mol. The standard InChI is InChI=1S/C21H37N5O3/c1-16-7-5-6-10-26(16)19(27)15-24-11-13-25(14-12-24)17(2)20(28)23-21(29)22-18-8-3-4-9-18/h16-18H,3-15H2,1-2H3,(H2,22,23,28,29). The van der Waals surface area contributed by atoms with Crippen LogP contribution in [0.4, 0.5) is 4.79 Å². The first kappa shape index (κ1) is 22.0. The van der Waals surface area contributed by atoms with E-state index in [-0.39, 0.29) is 29.9 Å². The molecule has 0 aromatic carbocycles. The van der Waals surface area contributed by atoms with Crippen LogP contribution in [0.15, 0.2) is 0 Å². The molecular formula is C21H37N5O3. The van der Waals surface area contributed by atoms with E-state index >= 15 is 0 Å². The smallest absolute Gasteiger partial charge is 0.321 e.